The first-order valence-electron chi connectivity index (χ1n) is 8.54. The topological polar surface area (TPSA) is 31.9 Å². The smallest absolute Gasteiger partial charge is 0.138 e. The fourth-order valence-electron chi connectivity index (χ4n) is 3.07. The van der Waals surface area contributed by atoms with Crippen molar-refractivity contribution in [2.24, 2.45) is 0 Å². The molecule has 0 spiro atoms. The van der Waals surface area contributed by atoms with E-state index in [1.807, 2.05) is 11.8 Å². The molecule has 2 aromatic rings. The van der Waals surface area contributed by atoms with Crippen LogP contribution in [0.15, 0.2) is 53.5 Å². The Morgan fingerprint density at radius 2 is 2.16 bits per heavy atom. The van der Waals surface area contributed by atoms with Gasteiger partial charge in [-0.1, -0.05) is 24.1 Å². The maximum absolute atomic E-state index is 4.78. The Bertz CT molecular complexity index is 937. The second kappa shape index (κ2) is 6.95. The van der Waals surface area contributed by atoms with Gasteiger partial charge in [0.2, 0.25) is 0 Å². The van der Waals surface area contributed by atoms with E-state index in [0.717, 1.165) is 40.2 Å². The molecule has 0 aromatic carbocycles. The van der Waals surface area contributed by atoms with Gasteiger partial charge < -0.3 is 9.88 Å². The van der Waals surface area contributed by atoms with Crippen LogP contribution in [0, 0.1) is 11.8 Å². The summed E-state index contributed by atoms with van der Waals surface area (Å²) in [5, 5.41) is 3.28. The number of pyridine rings is 1. The zero-order valence-corrected chi connectivity index (χ0v) is 15.3. The number of thioether (sulfide) groups is 1. The first kappa shape index (κ1) is 16.3. The molecule has 0 amide bonds. The van der Waals surface area contributed by atoms with Crippen molar-refractivity contribution in [3.8, 4) is 11.8 Å². The van der Waals surface area contributed by atoms with Gasteiger partial charge in [-0.05, 0) is 56.1 Å². The third kappa shape index (κ3) is 3.58. The van der Waals surface area contributed by atoms with Crippen LogP contribution in [0.25, 0.3) is 11.0 Å². The van der Waals surface area contributed by atoms with Crippen LogP contribution in [-0.4, -0.2) is 40.8 Å². The minimum atomic E-state index is 0.425. The van der Waals surface area contributed by atoms with Crippen molar-refractivity contribution in [2.75, 3.05) is 19.8 Å². The molecule has 1 N–H and O–H groups in total. The molecule has 1 aliphatic carbocycles. The number of rotatable bonds is 2. The molecular formula is C21H21N3S. The van der Waals surface area contributed by atoms with E-state index in [0.29, 0.717) is 12.0 Å². The number of aromatic amines is 1. The quantitative estimate of drug-likeness (QED) is 0.831. The molecule has 0 fully saturated rings. The number of aromatic nitrogens is 2. The molecular weight excluding hydrogens is 326 g/mol. The Morgan fingerprint density at radius 1 is 1.24 bits per heavy atom. The van der Waals surface area contributed by atoms with Crippen molar-refractivity contribution in [3.05, 3.63) is 64.9 Å². The van der Waals surface area contributed by atoms with E-state index >= 15 is 0 Å². The average Bonchev–Trinajstić information content (AvgIpc) is 3.29. The van der Waals surface area contributed by atoms with Gasteiger partial charge in [-0.15, -0.1) is 11.8 Å². The predicted octanol–water partition coefficient (Wildman–Crippen LogP) is 4.08. The van der Waals surface area contributed by atoms with Gasteiger partial charge in [0.05, 0.1) is 11.4 Å². The first-order valence-corrected chi connectivity index (χ1v) is 9.59. The molecule has 126 valence electrons. The van der Waals surface area contributed by atoms with E-state index in [-0.39, 0.29) is 0 Å². The molecule has 4 rings (SSSR count). The monoisotopic (exact) mass is 347 g/mol. The number of H-pyrrole nitrogens is 1. The predicted molar refractivity (Wildman–Crippen MR) is 107 cm³/mol. The van der Waals surface area contributed by atoms with Crippen molar-refractivity contribution in [1.29, 1.82) is 0 Å². The summed E-state index contributed by atoms with van der Waals surface area (Å²) < 4.78 is 0. The molecule has 4 heteroatoms. The molecule has 2 unspecified atom stereocenters. The van der Waals surface area contributed by atoms with Gasteiger partial charge >= 0.3 is 0 Å². The lowest BCUT2D eigenvalue weighted by Gasteiger charge is -2.21. The van der Waals surface area contributed by atoms with Gasteiger partial charge in [-0.25, -0.2) is 4.98 Å². The van der Waals surface area contributed by atoms with Crippen LogP contribution in [0.2, 0.25) is 0 Å². The summed E-state index contributed by atoms with van der Waals surface area (Å²) in [6, 6.07) is 6.82. The Morgan fingerprint density at radius 3 is 2.88 bits per heavy atom. The van der Waals surface area contributed by atoms with Gasteiger partial charge in [0.15, 0.2) is 0 Å². The normalized spacial score (nSPS) is 22.3. The highest BCUT2D eigenvalue weighted by Gasteiger charge is 2.14. The minimum absolute atomic E-state index is 0.425. The summed E-state index contributed by atoms with van der Waals surface area (Å²) in [6.07, 6.45) is 9.78. The van der Waals surface area contributed by atoms with E-state index in [2.05, 4.69) is 83.7 Å². The van der Waals surface area contributed by atoms with Crippen LogP contribution in [0.5, 0.6) is 0 Å². The Kier molecular flexibility index (Phi) is 4.52. The first-order chi connectivity index (χ1) is 12.2. The maximum Gasteiger partial charge on any atom is 0.138 e. The van der Waals surface area contributed by atoms with E-state index < -0.39 is 0 Å². The van der Waals surface area contributed by atoms with E-state index in [9.17, 15) is 0 Å². The molecule has 0 radical (unpaired) electrons. The number of nitrogens with one attached hydrogen (secondary N) is 1. The molecule has 3 nitrogen and oxygen atoms in total. The summed E-state index contributed by atoms with van der Waals surface area (Å²) in [4.78, 5) is 10.3. The summed E-state index contributed by atoms with van der Waals surface area (Å²) in [5.74, 6) is 8.01. The second-order valence-corrected chi connectivity index (χ2v) is 7.60. The third-order valence-electron chi connectivity index (χ3n) is 4.65. The van der Waals surface area contributed by atoms with E-state index in [1.165, 1.54) is 0 Å². The highest BCUT2D eigenvalue weighted by atomic mass is 32.2. The Hall–Kier alpha value is -2.22. The van der Waals surface area contributed by atoms with Gasteiger partial charge in [-0.3, -0.25) is 0 Å². The summed E-state index contributed by atoms with van der Waals surface area (Å²) in [7, 11) is 4.20. The molecule has 2 atom stereocenters. The number of allylic oxidation sites excluding steroid dienone is 3. The van der Waals surface area contributed by atoms with Crippen LogP contribution in [-0.2, 0) is 0 Å². The number of nitrogens with zero attached hydrogens (tertiary/aromatic N) is 2. The zero-order valence-electron chi connectivity index (χ0n) is 14.5. The summed E-state index contributed by atoms with van der Waals surface area (Å²) in [5.41, 5.74) is 4.05. The largest absolute Gasteiger partial charge is 0.333 e. The average molecular weight is 347 g/mol. The van der Waals surface area contributed by atoms with Gasteiger partial charge in [0.1, 0.15) is 5.65 Å². The fourth-order valence-corrected chi connectivity index (χ4v) is 3.97. The molecule has 3 heterocycles. The highest BCUT2D eigenvalue weighted by Crippen LogP contribution is 2.29. The van der Waals surface area contributed by atoms with E-state index in [1.54, 1.807) is 0 Å². The highest BCUT2D eigenvalue weighted by molar-refractivity contribution is 8.02. The van der Waals surface area contributed by atoms with Crippen LogP contribution >= 0.6 is 11.8 Å². The summed E-state index contributed by atoms with van der Waals surface area (Å²) in [6.45, 7) is 0. The van der Waals surface area contributed by atoms with Crippen molar-refractivity contribution in [3.63, 3.8) is 0 Å². The van der Waals surface area contributed by atoms with Crippen LogP contribution < -0.4 is 0 Å². The molecule has 0 saturated heterocycles. The molecule has 2 aromatic heterocycles. The fraction of sp³-hybridized carbons (Fsp3) is 0.286. The van der Waals surface area contributed by atoms with Gasteiger partial charge in [0, 0.05) is 28.7 Å². The minimum Gasteiger partial charge on any atom is -0.333 e. The lowest BCUT2D eigenvalue weighted by molar-refractivity contribution is 0.343. The lowest BCUT2D eigenvalue weighted by atomic mass is 10.0. The van der Waals surface area contributed by atoms with Crippen LogP contribution in [0.3, 0.4) is 0 Å². The van der Waals surface area contributed by atoms with Crippen molar-refractivity contribution in [1.82, 2.24) is 14.9 Å². The number of likely N-dealkylation sites (N-methyl/N-ethyl adjacent to an activating group) is 1. The Labute approximate surface area is 152 Å². The molecule has 2 aliphatic rings. The molecule has 0 saturated carbocycles. The Balaban J connectivity index is 1.53. The molecule has 25 heavy (non-hydrogen) atoms. The molecule has 0 bridgehead atoms. The SMILES string of the molecule is CN(C)C1C=CC(C#Cc2cc3ccc(C4C=CSC4)nc3[nH]2)=CC1. The summed E-state index contributed by atoms with van der Waals surface area (Å²) >= 11 is 1.84. The van der Waals surface area contributed by atoms with Gasteiger partial charge in [-0.2, -0.15) is 0 Å². The third-order valence-corrected chi connectivity index (χ3v) is 5.55. The lowest BCUT2D eigenvalue weighted by Crippen LogP contribution is -2.26. The zero-order chi connectivity index (χ0) is 17.2. The number of hydrogen-bond acceptors (Lipinski definition) is 3. The number of fused-ring (bicyclic) bond motifs is 1. The standard InChI is InChI=1S/C21H21N3S/c1-24(2)19-8-4-15(5-9-19)3-7-18-13-16-6-10-20(23-21(16)22-18)17-11-12-25-14-17/h4-6,8,10-13,17,19H,9,14H2,1-2H3,(H,22,23). The van der Waals surface area contributed by atoms with Crippen LogP contribution in [0.4, 0.5) is 0 Å². The number of hydrogen-bond donors (Lipinski definition) is 1. The van der Waals surface area contributed by atoms with Crippen molar-refractivity contribution < 1.29 is 0 Å². The molecule has 1 aliphatic heterocycles. The second-order valence-electron chi connectivity index (χ2n) is 6.66. The van der Waals surface area contributed by atoms with Crippen LogP contribution in [0.1, 0.15) is 23.7 Å². The van der Waals surface area contributed by atoms with Gasteiger partial charge in [0.25, 0.3) is 0 Å². The van der Waals surface area contributed by atoms with Crippen molar-refractivity contribution >= 4 is 22.8 Å². The van der Waals surface area contributed by atoms with E-state index in [4.69, 9.17) is 4.98 Å². The van der Waals surface area contributed by atoms with Crippen molar-refractivity contribution in [2.45, 2.75) is 18.4 Å². The maximum atomic E-state index is 4.78.